The molecule has 0 amide bonds. The van der Waals surface area contributed by atoms with Crippen molar-refractivity contribution < 1.29 is 0 Å². The zero-order valence-corrected chi connectivity index (χ0v) is 12.8. The number of unbranched alkanes of at least 4 members (excludes halogenated alkanes) is 2. The van der Waals surface area contributed by atoms with Gasteiger partial charge in [-0.3, -0.25) is 0 Å². The summed E-state index contributed by atoms with van der Waals surface area (Å²) < 4.78 is 0. The van der Waals surface area contributed by atoms with E-state index in [2.05, 4.69) is 52.5 Å². The minimum atomic E-state index is 0.988. The van der Waals surface area contributed by atoms with Crippen molar-refractivity contribution in [2.45, 2.75) is 66.2 Å². The summed E-state index contributed by atoms with van der Waals surface area (Å²) in [5.74, 6) is 0. The molecule has 0 aliphatic carbocycles. The van der Waals surface area contributed by atoms with Crippen molar-refractivity contribution in [3.63, 3.8) is 0 Å². The topological polar surface area (TPSA) is 0 Å². The third kappa shape index (κ3) is 10.1. The molecular formula is C18H30. The molecule has 0 rings (SSSR count). The highest BCUT2D eigenvalue weighted by Gasteiger charge is 1.93. The fourth-order valence-electron chi connectivity index (χ4n) is 1.91. The summed E-state index contributed by atoms with van der Waals surface area (Å²) in [6.07, 6.45) is 16.0. The van der Waals surface area contributed by atoms with Gasteiger partial charge in [-0.05, 0) is 66.2 Å². The van der Waals surface area contributed by atoms with Gasteiger partial charge in [-0.15, -0.1) is 6.58 Å². The molecule has 0 aliphatic rings. The normalized spacial score (nSPS) is 13.9. The number of rotatable bonds is 9. The predicted molar refractivity (Wildman–Crippen MR) is 84.8 cm³/mol. The van der Waals surface area contributed by atoms with E-state index in [4.69, 9.17) is 0 Å². The zero-order chi connectivity index (χ0) is 13.8. The van der Waals surface area contributed by atoms with Crippen LogP contribution in [0, 0.1) is 0 Å². The van der Waals surface area contributed by atoms with Crippen molar-refractivity contribution in [2.75, 3.05) is 0 Å². The van der Waals surface area contributed by atoms with E-state index in [9.17, 15) is 0 Å². The average Bonchev–Trinajstić information content (AvgIpc) is 2.35. The van der Waals surface area contributed by atoms with Crippen LogP contribution in [0.3, 0.4) is 0 Å². The smallest absolute Gasteiger partial charge is 0.0114 e. The number of allylic oxidation sites excluding steroid dienone is 7. The summed E-state index contributed by atoms with van der Waals surface area (Å²) in [7, 11) is 0. The van der Waals surface area contributed by atoms with Gasteiger partial charge in [0.05, 0.1) is 0 Å². The molecule has 0 aromatic rings. The molecule has 0 aliphatic heterocycles. The van der Waals surface area contributed by atoms with Crippen molar-refractivity contribution in [3.05, 3.63) is 47.6 Å². The summed E-state index contributed by atoms with van der Waals surface area (Å²) in [6.45, 7) is 12.5. The van der Waals surface area contributed by atoms with Gasteiger partial charge in [0, 0.05) is 0 Å². The molecule has 0 saturated heterocycles. The third-order valence-electron chi connectivity index (χ3n) is 3.20. The van der Waals surface area contributed by atoms with Gasteiger partial charge in [0.15, 0.2) is 0 Å². The van der Waals surface area contributed by atoms with Crippen LogP contribution in [-0.4, -0.2) is 0 Å². The fourth-order valence-corrected chi connectivity index (χ4v) is 1.91. The first-order chi connectivity index (χ1) is 8.60. The molecule has 18 heavy (non-hydrogen) atoms. The van der Waals surface area contributed by atoms with E-state index < -0.39 is 0 Å². The Balaban J connectivity index is 3.80. The second kappa shape index (κ2) is 11.1. The van der Waals surface area contributed by atoms with Gasteiger partial charge < -0.3 is 0 Å². The first-order valence-electron chi connectivity index (χ1n) is 7.14. The van der Waals surface area contributed by atoms with Crippen LogP contribution in [0.4, 0.5) is 0 Å². The Kier molecular flexibility index (Phi) is 10.4. The van der Waals surface area contributed by atoms with E-state index in [0.717, 1.165) is 12.8 Å². The molecule has 0 heteroatoms. The molecule has 0 aromatic carbocycles. The van der Waals surface area contributed by atoms with Crippen LogP contribution in [0.2, 0.25) is 0 Å². The molecule has 0 heterocycles. The summed E-state index contributed by atoms with van der Waals surface area (Å²) in [5, 5.41) is 0. The van der Waals surface area contributed by atoms with E-state index >= 15 is 0 Å². The first kappa shape index (κ1) is 17.0. The molecule has 0 fully saturated rings. The molecule has 0 spiro atoms. The van der Waals surface area contributed by atoms with Crippen LogP contribution < -0.4 is 0 Å². The SMILES string of the molecule is C=CC/C=C(\C)C/C(C)=C/CCCC/C(C)=C/C. The van der Waals surface area contributed by atoms with Crippen LogP contribution >= 0.6 is 0 Å². The molecular weight excluding hydrogens is 216 g/mol. The zero-order valence-electron chi connectivity index (χ0n) is 12.8. The van der Waals surface area contributed by atoms with Gasteiger partial charge in [-0.1, -0.05) is 41.0 Å². The maximum absolute atomic E-state index is 3.74. The Labute approximate surface area is 114 Å². The van der Waals surface area contributed by atoms with Gasteiger partial charge in [-0.25, -0.2) is 0 Å². The van der Waals surface area contributed by atoms with E-state index in [0.29, 0.717) is 0 Å². The van der Waals surface area contributed by atoms with Crippen molar-refractivity contribution in [1.29, 1.82) is 0 Å². The molecule has 0 saturated carbocycles. The number of hydrogen-bond acceptors (Lipinski definition) is 0. The van der Waals surface area contributed by atoms with Gasteiger partial charge in [0.25, 0.3) is 0 Å². The lowest BCUT2D eigenvalue weighted by atomic mass is 10.0. The lowest BCUT2D eigenvalue weighted by molar-refractivity contribution is 0.738. The van der Waals surface area contributed by atoms with E-state index in [1.807, 2.05) is 6.08 Å². The molecule has 102 valence electrons. The lowest BCUT2D eigenvalue weighted by Crippen LogP contribution is -1.83. The Morgan fingerprint density at radius 1 is 0.944 bits per heavy atom. The Morgan fingerprint density at radius 2 is 1.61 bits per heavy atom. The van der Waals surface area contributed by atoms with Crippen LogP contribution in [0.15, 0.2) is 47.6 Å². The second-order valence-corrected chi connectivity index (χ2v) is 5.18. The number of hydrogen-bond donors (Lipinski definition) is 0. The molecule has 0 atom stereocenters. The minimum Gasteiger partial charge on any atom is -0.103 e. The van der Waals surface area contributed by atoms with Gasteiger partial charge in [0.1, 0.15) is 0 Å². The molecule has 0 aromatic heterocycles. The van der Waals surface area contributed by atoms with Crippen LogP contribution in [0.5, 0.6) is 0 Å². The van der Waals surface area contributed by atoms with Crippen LogP contribution in [0.1, 0.15) is 66.2 Å². The second-order valence-electron chi connectivity index (χ2n) is 5.18. The summed E-state index contributed by atoms with van der Waals surface area (Å²) >= 11 is 0. The highest BCUT2D eigenvalue weighted by Crippen LogP contribution is 2.14. The molecule has 0 unspecified atom stereocenters. The highest BCUT2D eigenvalue weighted by atomic mass is 14.0. The van der Waals surface area contributed by atoms with Gasteiger partial charge in [0.2, 0.25) is 0 Å². The third-order valence-corrected chi connectivity index (χ3v) is 3.20. The summed E-state index contributed by atoms with van der Waals surface area (Å²) in [5.41, 5.74) is 4.46. The summed E-state index contributed by atoms with van der Waals surface area (Å²) in [6, 6.07) is 0. The molecule has 0 N–H and O–H groups in total. The Morgan fingerprint density at radius 3 is 2.22 bits per heavy atom. The van der Waals surface area contributed by atoms with Crippen molar-refractivity contribution in [2.24, 2.45) is 0 Å². The van der Waals surface area contributed by atoms with Crippen molar-refractivity contribution in [3.8, 4) is 0 Å². The highest BCUT2D eigenvalue weighted by molar-refractivity contribution is 5.12. The average molecular weight is 246 g/mol. The monoisotopic (exact) mass is 246 g/mol. The molecule has 0 nitrogen and oxygen atoms in total. The summed E-state index contributed by atoms with van der Waals surface area (Å²) in [4.78, 5) is 0. The van der Waals surface area contributed by atoms with Gasteiger partial charge in [-0.2, -0.15) is 0 Å². The standard InChI is InChI=1S/C18H30/c1-6-8-12-17(4)15-18(5)14-11-9-10-13-16(3)7-2/h6-7,12,14H,1,8-11,13,15H2,2-5H3/b16-7+,17-12+,18-14+. The predicted octanol–water partition coefficient (Wildman–Crippen LogP) is 6.37. The van der Waals surface area contributed by atoms with Crippen LogP contribution in [-0.2, 0) is 0 Å². The van der Waals surface area contributed by atoms with Crippen molar-refractivity contribution >= 4 is 0 Å². The quantitative estimate of drug-likeness (QED) is 0.327. The molecule has 0 radical (unpaired) electrons. The molecule has 0 bridgehead atoms. The van der Waals surface area contributed by atoms with E-state index in [-0.39, 0.29) is 0 Å². The first-order valence-corrected chi connectivity index (χ1v) is 7.14. The fraction of sp³-hybridized carbons (Fsp3) is 0.556. The Hall–Kier alpha value is -1.04. The maximum atomic E-state index is 3.74. The van der Waals surface area contributed by atoms with E-state index in [1.165, 1.54) is 42.4 Å². The largest absolute Gasteiger partial charge is 0.103 e. The maximum Gasteiger partial charge on any atom is -0.0114 e. The van der Waals surface area contributed by atoms with Crippen molar-refractivity contribution in [1.82, 2.24) is 0 Å². The van der Waals surface area contributed by atoms with E-state index in [1.54, 1.807) is 0 Å². The van der Waals surface area contributed by atoms with Crippen LogP contribution in [0.25, 0.3) is 0 Å². The lowest BCUT2D eigenvalue weighted by Gasteiger charge is -2.03. The van der Waals surface area contributed by atoms with Gasteiger partial charge >= 0.3 is 0 Å². The minimum absolute atomic E-state index is 0.988. The Bertz CT molecular complexity index is 313.